The first-order valence-corrected chi connectivity index (χ1v) is 12.8. The Bertz CT molecular complexity index is 1130. The zero-order valence-electron chi connectivity index (χ0n) is 16.1. The minimum Gasteiger partial charge on any atom is -0.296 e. The van der Waals surface area contributed by atoms with Crippen molar-refractivity contribution in [1.82, 2.24) is 15.2 Å². The summed E-state index contributed by atoms with van der Waals surface area (Å²) in [6, 6.07) is 17.8. The van der Waals surface area contributed by atoms with Crippen molar-refractivity contribution in [2.45, 2.75) is 27.7 Å². The molecular weight excluding hydrogens is 453 g/mol. The van der Waals surface area contributed by atoms with Gasteiger partial charge in [-0.1, -0.05) is 65.6 Å². The third-order valence-corrected chi connectivity index (χ3v) is 7.98. The van der Waals surface area contributed by atoms with Gasteiger partial charge < -0.3 is 0 Å². The molecule has 0 aliphatic rings. The Balaban J connectivity index is 1.37. The number of carbonyl (C=O) groups is 1. The highest BCUT2D eigenvalue weighted by molar-refractivity contribution is 8.00. The zero-order chi connectivity index (χ0) is 20.8. The molecule has 2 aromatic heterocycles. The number of thiazole rings is 1. The van der Waals surface area contributed by atoms with Crippen LogP contribution in [0.2, 0.25) is 0 Å². The van der Waals surface area contributed by atoms with Gasteiger partial charge in [0.2, 0.25) is 5.13 Å². The molecule has 1 N–H and O–H groups in total. The molecule has 2 heterocycles. The highest BCUT2D eigenvalue weighted by Crippen LogP contribution is 2.30. The normalized spacial score (nSPS) is 10.8. The van der Waals surface area contributed by atoms with Crippen LogP contribution in [-0.2, 0) is 11.5 Å². The predicted octanol–water partition coefficient (Wildman–Crippen LogP) is 6.14. The fraction of sp³-hybridized carbons (Fsp3) is 0.143. The van der Waals surface area contributed by atoms with Gasteiger partial charge in [0.05, 0.1) is 16.3 Å². The Kier molecular flexibility index (Phi) is 7.16. The molecule has 0 radical (unpaired) electrons. The number of rotatable bonds is 8. The molecule has 9 heteroatoms. The molecule has 0 saturated carbocycles. The summed E-state index contributed by atoms with van der Waals surface area (Å²) in [6.45, 7) is 1.99. The summed E-state index contributed by atoms with van der Waals surface area (Å²) in [4.78, 5) is 18.2. The van der Waals surface area contributed by atoms with Crippen molar-refractivity contribution in [2.75, 3.05) is 5.32 Å². The number of benzene rings is 2. The number of anilines is 1. The van der Waals surface area contributed by atoms with E-state index in [9.17, 15) is 4.79 Å². The largest absolute Gasteiger partial charge is 0.296 e. The number of nitrogens with zero attached hydrogens (tertiary/aromatic N) is 3. The van der Waals surface area contributed by atoms with E-state index in [0.717, 1.165) is 31.4 Å². The lowest BCUT2D eigenvalue weighted by Crippen LogP contribution is -2.12. The third kappa shape index (κ3) is 5.69. The van der Waals surface area contributed by atoms with E-state index in [4.69, 9.17) is 0 Å². The smallest absolute Gasteiger partial charge is 0.258 e. The van der Waals surface area contributed by atoms with Crippen molar-refractivity contribution in [3.05, 3.63) is 81.8 Å². The first-order valence-electron chi connectivity index (χ1n) is 9.12. The van der Waals surface area contributed by atoms with Gasteiger partial charge in [-0.05, 0) is 24.6 Å². The second-order valence-corrected chi connectivity index (χ2v) is 10.5. The van der Waals surface area contributed by atoms with E-state index in [1.165, 1.54) is 16.9 Å². The lowest BCUT2D eigenvalue weighted by molar-refractivity contribution is 0.102. The number of thioether (sulfide) groups is 2. The van der Waals surface area contributed by atoms with Gasteiger partial charge in [0.15, 0.2) is 4.34 Å². The van der Waals surface area contributed by atoms with Gasteiger partial charge in [-0.25, -0.2) is 4.98 Å². The maximum atomic E-state index is 12.8. The van der Waals surface area contributed by atoms with E-state index in [0.29, 0.717) is 10.7 Å². The molecule has 0 fully saturated rings. The summed E-state index contributed by atoms with van der Waals surface area (Å²) in [7, 11) is 0. The first-order chi connectivity index (χ1) is 14.7. The molecule has 0 aliphatic heterocycles. The Morgan fingerprint density at radius 2 is 1.80 bits per heavy atom. The molecule has 4 aromatic rings. The Hall–Kier alpha value is -2.20. The van der Waals surface area contributed by atoms with Crippen molar-refractivity contribution in [3.63, 3.8) is 0 Å². The van der Waals surface area contributed by atoms with Crippen LogP contribution in [0, 0.1) is 6.92 Å². The number of nitrogens with one attached hydrogen (secondary N) is 1. The summed E-state index contributed by atoms with van der Waals surface area (Å²) >= 11 is 6.25. The number of hydrogen-bond acceptors (Lipinski definition) is 8. The van der Waals surface area contributed by atoms with Crippen LogP contribution < -0.4 is 5.32 Å². The second kappa shape index (κ2) is 10.2. The molecule has 0 unspecified atom stereocenters. The summed E-state index contributed by atoms with van der Waals surface area (Å²) in [5, 5.41) is 14.8. The fourth-order valence-electron chi connectivity index (χ4n) is 2.61. The van der Waals surface area contributed by atoms with Crippen LogP contribution in [0.15, 0.2) is 69.2 Å². The van der Waals surface area contributed by atoms with Gasteiger partial charge in [0.1, 0.15) is 0 Å². The third-order valence-electron chi connectivity index (χ3n) is 4.01. The summed E-state index contributed by atoms with van der Waals surface area (Å²) in [6.07, 6.45) is 0. The topological polar surface area (TPSA) is 67.8 Å². The van der Waals surface area contributed by atoms with Crippen molar-refractivity contribution >= 4 is 57.2 Å². The van der Waals surface area contributed by atoms with Gasteiger partial charge in [-0.2, -0.15) is 0 Å². The molecule has 1 amide bonds. The van der Waals surface area contributed by atoms with Crippen LogP contribution in [0.4, 0.5) is 5.13 Å². The number of amides is 1. The molecular formula is C21H18N4OS4. The lowest BCUT2D eigenvalue weighted by atomic mass is 10.2. The standard InChI is InChI=1S/C21H18N4OS4/c1-14-22-16(12-27-14)13-28-18-10-6-5-9-17(18)19(26)23-20-24-25-21(30-20)29-11-15-7-3-2-4-8-15/h2-10,12H,11,13H2,1H3,(H,23,24,26). The molecule has 0 spiro atoms. The molecule has 0 atom stereocenters. The summed E-state index contributed by atoms with van der Waals surface area (Å²) in [5.41, 5.74) is 2.88. The molecule has 0 bridgehead atoms. The van der Waals surface area contributed by atoms with E-state index in [2.05, 4.69) is 38.0 Å². The van der Waals surface area contributed by atoms with Crippen LogP contribution >= 0.6 is 46.2 Å². The highest BCUT2D eigenvalue weighted by atomic mass is 32.2. The number of hydrogen-bond donors (Lipinski definition) is 1. The second-order valence-electron chi connectivity index (χ2n) is 6.24. The first kappa shape index (κ1) is 21.0. The van der Waals surface area contributed by atoms with Crippen LogP contribution in [0.25, 0.3) is 0 Å². The van der Waals surface area contributed by atoms with Gasteiger partial charge in [0, 0.05) is 21.8 Å². The Morgan fingerprint density at radius 3 is 2.60 bits per heavy atom. The minimum absolute atomic E-state index is 0.177. The predicted molar refractivity (Wildman–Crippen MR) is 127 cm³/mol. The van der Waals surface area contributed by atoms with Gasteiger partial charge in [-0.3, -0.25) is 10.1 Å². The average Bonchev–Trinajstić information content (AvgIpc) is 3.40. The van der Waals surface area contributed by atoms with Crippen LogP contribution in [0.1, 0.15) is 26.6 Å². The van der Waals surface area contributed by atoms with Gasteiger partial charge in [0.25, 0.3) is 5.91 Å². The van der Waals surface area contributed by atoms with Crippen LogP contribution in [0.3, 0.4) is 0 Å². The van der Waals surface area contributed by atoms with Crippen molar-refractivity contribution < 1.29 is 4.79 Å². The van der Waals surface area contributed by atoms with Crippen LogP contribution in [-0.4, -0.2) is 21.1 Å². The minimum atomic E-state index is -0.177. The van der Waals surface area contributed by atoms with E-state index in [1.54, 1.807) is 34.9 Å². The van der Waals surface area contributed by atoms with E-state index in [-0.39, 0.29) is 5.91 Å². The molecule has 4 rings (SSSR count). The lowest BCUT2D eigenvalue weighted by Gasteiger charge is -2.07. The van der Waals surface area contributed by atoms with E-state index < -0.39 is 0 Å². The molecule has 5 nitrogen and oxygen atoms in total. The number of aryl methyl sites for hydroxylation is 1. The molecule has 0 aliphatic carbocycles. The average molecular weight is 471 g/mol. The molecule has 2 aromatic carbocycles. The van der Waals surface area contributed by atoms with Gasteiger partial charge in [-0.15, -0.1) is 33.3 Å². The zero-order valence-corrected chi connectivity index (χ0v) is 19.3. The van der Waals surface area contributed by atoms with E-state index >= 15 is 0 Å². The van der Waals surface area contributed by atoms with Crippen molar-refractivity contribution in [3.8, 4) is 0 Å². The molecule has 152 valence electrons. The molecule has 0 saturated heterocycles. The number of aromatic nitrogens is 3. The maximum absolute atomic E-state index is 12.8. The maximum Gasteiger partial charge on any atom is 0.258 e. The van der Waals surface area contributed by atoms with Crippen molar-refractivity contribution in [1.29, 1.82) is 0 Å². The quantitative estimate of drug-likeness (QED) is 0.246. The van der Waals surface area contributed by atoms with E-state index in [1.807, 2.05) is 49.4 Å². The highest BCUT2D eigenvalue weighted by Gasteiger charge is 2.15. The Morgan fingerprint density at radius 1 is 1.00 bits per heavy atom. The molecule has 30 heavy (non-hydrogen) atoms. The van der Waals surface area contributed by atoms with Crippen LogP contribution in [0.5, 0.6) is 0 Å². The Labute approximate surface area is 191 Å². The monoisotopic (exact) mass is 470 g/mol. The van der Waals surface area contributed by atoms with Gasteiger partial charge >= 0.3 is 0 Å². The van der Waals surface area contributed by atoms with Crippen molar-refractivity contribution in [2.24, 2.45) is 0 Å². The fourth-order valence-corrected chi connectivity index (χ4v) is 5.97. The number of carbonyl (C=O) groups excluding carboxylic acids is 1. The summed E-state index contributed by atoms with van der Waals surface area (Å²) in [5.74, 6) is 1.37. The SMILES string of the molecule is Cc1nc(CSc2ccccc2C(=O)Nc2nnc(SCc3ccccc3)s2)cs1. The summed E-state index contributed by atoms with van der Waals surface area (Å²) < 4.78 is 0.829.